The quantitative estimate of drug-likeness (QED) is 0.922. The zero-order valence-electron chi connectivity index (χ0n) is 11.6. The zero-order valence-corrected chi connectivity index (χ0v) is 12.4. The molecule has 1 aromatic heterocycles. The van der Waals surface area contributed by atoms with Crippen LogP contribution in [0.4, 0.5) is 0 Å². The molecular weight excluding hydrogens is 252 g/mol. The van der Waals surface area contributed by atoms with E-state index in [-0.39, 0.29) is 0 Å². The second-order valence-electron chi connectivity index (χ2n) is 5.32. The third-order valence-electron chi connectivity index (χ3n) is 3.78. The Morgan fingerprint density at radius 1 is 1.42 bits per heavy atom. The van der Waals surface area contributed by atoms with Crippen LogP contribution in [0.3, 0.4) is 0 Å². The highest BCUT2D eigenvalue weighted by atomic mass is 32.1. The molecule has 3 heteroatoms. The third kappa shape index (κ3) is 2.72. The lowest BCUT2D eigenvalue weighted by atomic mass is 9.98. The molecule has 0 spiro atoms. The molecule has 1 heterocycles. The van der Waals surface area contributed by atoms with Crippen LogP contribution in [0.5, 0.6) is 0 Å². The van der Waals surface area contributed by atoms with E-state index in [4.69, 9.17) is 4.98 Å². The fourth-order valence-corrected chi connectivity index (χ4v) is 4.03. The number of aromatic nitrogens is 1. The summed E-state index contributed by atoms with van der Waals surface area (Å²) in [6.07, 6.45) is 4.68. The van der Waals surface area contributed by atoms with Gasteiger partial charge in [0.2, 0.25) is 0 Å². The first kappa shape index (κ1) is 12.8. The summed E-state index contributed by atoms with van der Waals surface area (Å²) in [7, 11) is 2.04. The van der Waals surface area contributed by atoms with Crippen molar-refractivity contribution in [1.82, 2.24) is 10.3 Å². The molecule has 0 aliphatic heterocycles. The number of fused-ring (bicyclic) bond motifs is 1. The molecule has 19 heavy (non-hydrogen) atoms. The Morgan fingerprint density at radius 3 is 3.11 bits per heavy atom. The Labute approximate surface area is 118 Å². The molecule has 0 amide bonds. The van der Waals surface area contributed by atoms with E-state index in [9.17, 15) is 0 Å². The molecule has 3 rings (SSSR count). The fourth-order valence-electron chi connectivity index (χ4n) is 2.82. The van der Waals surface area contributed by atoms with Crippen LogP contribution < -0.4 is 5.32 Å². The molecule has 0 saturated carbocycles. The summed E-state index contributed by atoms with van der Waals surface area (Å²) in [6, 6.07) is 9.20. The molecule has 0 bridgehead atoms. The van der Waals surface area contributed by atoms with Crippen molar-refractivity contribution in [3.8, 4) is 0 Å². The molecular formula is C16H20N2S. The van der Waals surface area contributed by atoms with E-state index < -0.39 is 0 Å². The molecule has 2 aromatic rings. The smallest absolute Gasteiger partial charge is 0.0975 e. The minimum atomic E-state index is 0.464. The van der Waals surface area contributed by atoms with Gasteiger partial charge in [0.15, 0.2) is 0 Å². The first-order valence-electron chi connectivity index (χ1n) is 6.97. The van der Waals surface area contributed by atoms with Crippen LogP contribution in [0.25, 0.3) is 0 Å². The minimum absolute atomic E-state index is 0.464. The monoisotopic (exact) mass is 272 g/mol. The molecule has 0 radical (unpaired) electrons. The molecule has 0 saturated heterocycles. The molecule has 1 unspecified atom stereocenters. The maximum atomic E-state index is 4.88. The number of hydrogen-bond donors (Lipinski definition) is 1. The number of benzene rings is 1. The number of aryl methyl sites for hydroxylation is 2. The van der Waals surface area contributed by atoms with Gasteiger partial charge in [0.25, 0.3) is 0 Å². The van der Waals surface area contributed by atoms with Gasteiger partial charge in [-0.2, -0.15) is 0 Å². The summed E-state index contributed by atoms with van der Waals surface area (Å²) in [5, 5.41) is 4.65. The van der Waals surface area contributed by atoms with Gasteiger partial charge in [-0.3, -0.25) is 0 Å². The summed E-state index contributed by atoms with van der Waals surface area (Å²) >= 11 is 1.90. The highest BCUT2D eigenvalue weighted by molar-refractivity contribution is 7.11. The first-order chi connectivity index (χ1) is 9.26. The van der Waals surface area contributed by atoms with Crippen LogP contribution in [-0.4, -0.2) is 12.0 Å². The summed E-state index contributed by atoms with van der Waals surface area (Å²) in [5.41, 5.74) is 4.00. The van der Waals surface area contributed by atoms with Crippen molar-refractivity contribution in [1.29, 1.82) is 0 Å². The summed E-state index contributed by atoms with van der Waals surface area (Å²) in [4.78, 5) is 6.38. The Morgan fingerprint density at radius 2 is 2.32 bits per heavy atom. The molecule has 1 atom stereocenters. The largest absolute Gasteiger partial charge is 0.312 e. The predicted molar refractivity (Wildman–Crippen MR) is 80.8 cm³/mol. The Kier molecular flexibility index (Phi) is 3.67. The van der Waals surface area contributed by atoms with Crippen LogP contribution in [0.1, 0.15) is 45.6 Å². The molecule has 2 nitrogen and oxygen atoms in total. The summed E-state index contributed by atoms with van der Waals surface area (Å²) in [5.74, 6) is 0. The predicted octanol–water partition coefficient (Wildman–Crippen LogP) is 3.64. The molecule has 100 valence electrons. The second kappa shape index (κ2) is 5.43. The van der Waals surface area contributed by atoms with Crippen molar-refractivity contribution in [2.24, 2.45) is 0 Å². The Hall–Kier alpha value is -1.19. The lowest BCUT2D eigenvalue weighted by molar-refractivity contribution is 0.489. The standard InChI is InChI=1S/C16H20N2S/c1-11-5-3-6-12(9-11)10-15-18-16-13(17-2)7-4-8-14(16)19-15/h3,5-6,9,13,17H,4,7-8,10H2,1-2H3. The SMILES string of the molecule is CNC1CCCc2sc(Cc3cccc(C)c3)nc21. The lowest BCUT2D eigenvalue weighted by Gasteiger charge is -2.19. The van der Waals surface area contributed by atoms with Crippen LogP contribution in [0.2, 0.25) is 0 Å². The van der Waals surface area contributed by atoms with Gasteiger partial charge in [-0.05, 0) is 38.8 Å². The third-order valence-corrected chi connectivity index (χ3v) is 4.92. The van der Waals surface area contributed by atoms with Crippen molar-refractivity contribution >= 4 is 11.3 Å². The molecule has 1 aliphatic carbocycles. The number of nitrogens with one attached hydrogen (secondary N) is 1. The van der Waals surface area contributed by atoms with Crippen molar-refractivity contribution in [3.63, 3.8) is 0 Å². The van der Waals surface area contributed by atoms with E-state index >= 15 is 0 Å². The van der Waals surface area contributed by atoms with Gasteiger partial charge < -0.3 is 5.32 Å². The van der Waals surface area contributed by atoms with Crippen LogP contribution in [0.15, 0.2) is 24.3 Å². The van der Waals surface area contributed by atoms with Crippen molar-refractivity contribution < 1.29 is 0 Å². The zero-order chi connectivity index (χ0) is 13.2. The van der Waals surface area contributed by atoms with Crippen molar-refractivity contribution in [3.05, 3.63) is 51.0 Å². The van der Waals surface area contributed by atoms with E-state index in [1.807, 2.05) is 18.4 Å². The van der Waals surface area contributed by atoms with Crippen LogP contribution >= 0.6 is 11.3 Å². The van der Waals surface area contributed by atoms with Crippen molar-refractivity contribution in [2.75, 3.05) is 7.05 Å². The van der Waals surface area contributed by atoms with E-state index in [2.05, 4.69) is 36.5 Å². The highest BCUT2D eigenvalue weighted by Gasteiger charge is 2.23. The van der Waals surface area contributed by atoms with Crippen molar-refractivity contribution in [2.45, 2.75) is 38.6 Å². The average molecular weight is 272 g/mol. The number of rotatable bonds is 3. The van der Waals surface area contributed by atoms with E-state index in [0.717, 1.165) is 6.42 Å². The number of hydrogen-bond acceptors (Lipinski definition) is 3. The lowest BCUT2D eigenvalue weighted by Crippen LogP contribution is -2.21. The second-order valence-corrected chi connectivity index (χ2v) is 6.48. The minimum Gasteiger partial charge on any atom is -0.312 e. The molecule has 1 aliphatic rings. The molecule has 1 N–H and O–H groups in total. The fraction of sp³-hybridized carbons (Fsp3) is 0.438. The van der Waals surface area contributed by atoms with Gasteiger partial charge in [-0.1, -0.05) is 29.8 Å². The number of thiazole rings is 1. The molecule has 0 fully saturated rings. The molecule has 1 aromatic carbocycles. The number of nitrogens with zero attached hydrogens (tertiary/aromatic N) is 1. The van der Waals surface area contributed by atoms with Gasteiger partial charge >= 0.3 is 0 Å². The summed E-state index contributed by atoms with van der Waals surface area (Å²) < 4.78 is 0. The van der Waals surface area contributed by atoms with Crippen LogP contribution in [0, 0.1) is 6.92 Å². The van der Waals surface area contributed by atoms with E-state index in [0.29, 0.717) is 6.04 Å². The maximum absolute atomic E-state index is 4.88. The van der Waals surface area contributed by atoms with Gasteiger partial charge in [-0.25, -0.2) is 4.98 Å². The Balaban J connectivity index is 1.85. The van der Waals surface area contributed by atoms with E-state index in [1.165, 1.54) is 46.0 Å². The maximum Gasteiger partial charge on any atom is 0.0975 e. The highest BCUT2D eigenvalue weighted by Crippen LogP contribution is 2.33. The van der Waals surface area contributed by atoms with Gasteiger partial charge in [-0.15, -0.1) is 11.3 Å². The van der Waals surface area contributed by atoms with Gasteiger partial charge in [0.1, 0.15) is 0 Å². The normalized spacial score (nSPS) is 18.3. The summed E-state index contributed by atoms with van der Waals surface area (Å²) in [6.45, 7) is 2.15. The van der Waals surface area contributed by atoms with Crippen LogP contribution in [-0.2, 0) is 12.8 Å². The topological polar surface area (TPSA) is 24.9 Å². The van der Waals surface area contributed by atoms with Gasteiger partial charge in [0, 0.05) is 11.3 Å². The van der Waals surface area contributed by atoms with Gasteiger partial charge in [0.05, 0.1) is 16.7 Å². The first-order valence-corrected chi connectivity index (χ1v) is 7.79. The van der Waals surface area contributed by atoms with E-state index in [1.54, 1.807) is 0 Å². The average Bonchev–Trinajstić information content (AvgIpc) is 2.80. The Bertz CT molecular complexity index is 574.